The highest BCUT2D eigenvalue weighted by molar-refractivity contribution is 5.66. The summed E-state index contributed by atoms with van der Waals surface area (Å²) in [6, 6.07) is 0. The Bertz CT molecular complexity index is 306. The molecular weight excluding hydrogens is 176 g/mol. The van der Waals surface area contributed by atoms with Gasteiger partial charge in [-0.3, -0.25) is 4.79 Å². The van der Waals surface area contributed by atoms with Crippen LogP contribution in [0.1, 0.15) is 19.3 Å². The highest BCUT2D eigenvalue weighted by Crippen LogP contribution is 2.10. The molecule has 0 unspecified atom stereocenters. The van der Waals surface area contributed by atoms with Crippen LogP contribution in [0.5, 0.6) is 0 Å². The lowest BCUT2D eigenvalue weighted by Gasteiger charge is -1.99. The Labute approximate surface area is 83.9 Å². The van der Waals surface area contributed by atoms with Gasteiger partial charge in [0.15, 0.2) is 0 Å². The van der Waals surface area contributed by atoms with E-state index >= 15 is 0 Å². The van der Waals surface area contributed by atoms with Crippen molar-refractivity contribution in [2.75, 3.05) is 0 Å². The van der Waals surface area contributed by atoms with E-state index in [9.17, 15) is 4.79 Å². The van der Waals surface area contributed by atoms with Gasteiger partial charge in [0.1, 0.15) is 0 Å². The summed E-state index contributed by atoms with van der Waals surface area (Å²) >= 11 is 0. The van der Waals surface area contributed by atoms with Crippen LogP contribution in [0, 0.1) is 0 Å². The molecule has 0 aromatic carbocycles. The first-order valence-electron chi connectivity index (χ1n) is 4.71. The van der Waals surface area contributed by atoms with Crippen molar-refractivity contribution in [3.05, 3.63) is 48.1 Å². The summed E-state index contributed by atoms with van der Waals surface area (Å²) in [4.78, 5) is 10.3. The molecule has 74 valence electrons. The molecule has 0 fully saturated rings. The quantitative estimate of drug-likeness (QED) is 0.740. The summed E-state index contributed by atoms with van der Waals surface area (Å²) in [7, 11) is 0. The van der Waals surface area contributed by atoms with E-state index in [0.29, 0.717) is 6.42 Å². The number of rotatable bonds is 4. The van der Waals surface area contributed by atoms with Crippen molar-refractivity contribution in [1.82, 2.24) is 0 Å². The molecule has 14 heavy (non-hydrogen) atoms. The molecule has 0 radical (unpaired) electrons. The van der Waals surface area contributed by atoms with E-state index in [1.165, 1.54) is 5.57 Å². The number of carbonyl (C=O) groups is 1. The van der Waals surface area contributed by atoms with Gasteiger partial charge in [-0.15, -0.1) is 0 Å². The van der Waals surface area contributed by atoms with E-state index in [-0.39, 0.29) is 6.42 Å². The third kappa shape index (κ3) is 4.45. The van der Waals surface area contributed by atoms with Gasteiger partial charge in [-0.2, -0.15) is 0 Å². The predicted molar refractivity (Wildman–Crippen MR) is 57.0 cm³/mol. The molecule has 0 aromatic rings. The fourth-order valence-corrected chi connectivity index (χ4v) is 1.22. The molecule has 2 heteroatoms. The maximum atomic E-state index is 10.3. The van der Waals surface area contributed by atoms with E-state index < -0.39 is 5.97 Å². The summed E-state index contributed by atoms with van der Waals surface area (Å²) in [6.07, 6.45) is 15.6. The van der Waals surface area contributed by atoms with E-state index in [1.54, 1.807) is 0 Å². The van der Waals surface area contributed by atoms with Crippen molar-refractivity contribution in [2.24, 2.45) is 0 Å². The van der Waals surface area contributed by atoms with Gasteiger partial charge in [0.05, 0.1) is 0 Å². The fourth-order valence-electron chi connectivity index (χ4n) is 1.22. The minimum atomic E-state index is -0.726. The first-order valence-corrected chi connectivity index (χ1v) is 4.71. The Morgan fingerprint density at radius 3 is 2.64 bits per heavy atom. The molecule has 0 spiro atoms. The monoisotopic (exact) mass is 190 g/mol. The van der Waals surface area contributed by atoms with Crippen LogP contribution in [0.2, 0.25) is 0 Å². The molecule has 0 aliphatic heterocycles. The molecule has 1 rings (SSSR count). The molecule has 1 N–H and O–H groups in total. The van der Waals surface area contributed by atoms with Gasteiger partial charge in [-0.25, -0.2) is 0 Å². The van der Waals surface area contributed by atoms with Crippen LogP contribution < -0.4 is 0 Å². The molecule has 2 nitrogen and oxygen atoms in total. The number of aliphatic carboxylic acids is 1. The van der Waals surface area contributed by atoms with Crippen LogP contribution >= 0.6 is 0 Å². The van der Waals surface area contributed by atoms with Crippen molar-refractivity contribution >= 4 is 5.97 Å². The molecule has 0 heterocycles. The second-order valence-electron chi connectivity index (χ2n) is 3.12. The van der Waals surface area contributed by atoms with E-state index in [2.05, 4.69) is 0 Å². The third-order valence-corrected chi connectivity index (χ3v) is 1.92. The van der Waals surface area contributed by atoms with Crippen LogP contribution in [-0.2, 0) is 4.79 Å². The highest BCUT2D eigenvalue weighted by Gasteiger charge is 1.97. The number of carboxylic acids is 1. The SMILES string of the molecule is O=C(O)CCCC1=C/C=C\C=C/C=C\1. The second-order valence-corrected chi connectivity index (χ2v) is 3.12. The smallest absolute Gasteiger partial charge is 0.303 e. The van der Waals surface area contributed by atoms with E-state index in [4.69, 9.17) is 5.11 Å². The zero-order chi connectivity index (χ0) is 10.2. The molecular formula is C12H14O2. The standard InChI is InChI=1S/C12H14O2/c13-12(14)10-6-9-11-7-4-2-1-3-5-8-11/h1-5,7-8H,6,9-10H2,(H,13,14)/b2-1-,3-1?,4-2?,5-3-,7-4-,8-5?,11-7?,11-8+. The minimum Gasteiger partial charge on any atom is -0.481 e. The Balaban J connectivity index is 2.39. The average Bonchev–Trinajstić information content (AvgIpc) is 2.07. The largest absolute Gasteiger partial charge is 0.481 e. The van der Waals surface area contributed by atoms with Crippen LogP contribution in [0.3, 0.4) is 0 Å². The second kappa shape index (κ2) is 5.97. The van der Waals surface area contributed by atoms with Crippen molar-refractivity contribution in [2.45, 2.75) is 19.3 Å². The van der Waals surface area contributed by atoms with Gasteiger partial charge in [0.25, 0.3) is 0 Å². The van der Waals surface area contributed by atoms with Crippen molar-refractivity contribution in [3.8, 4) is 0 Å². The number of allylic oxidation sites excluding steroid dienone is 8. The molecule has 0 saturated carbocycles. The summed E-state index contributed by atoms with van der Waals surface area (Å²) in [5, 5.41) is 8.48. The topological polar surface area (TPSA) is 37.3 Å². The summed E-state index contributed by atoms with van der Waals surface area (Å²) in [6.45, 7) is 0. The lowest BCUT2D eigenvalue weighted by molar-refractivity contribution is -0.137. The summed E-state index contributed by atoms with van der Waals surface area (Å²) in [5.41, 5.74) is 1.17. The van der Waals surface area contributed by atoms with Crippen LogP contribution in [0.25, 0.3) is 0 Å². The third-order valence-electron chi connectivity index (χ3n) is 1.92. The lowest BCUT2D eigenvalue weighted by atomic mass is 10.1. The maximum absolute atomic E-state index is 10.3. The highest BCUT2D eigenvalue weighted by atomic mass is 16.4. The van der Waals surface area contributed by atoms with Gasteiger partial charge in [-0.05, 0) is 18.4 Å². The van der Waals surface area contributed by atoms with E-state index in [1.807, 2.05) is 42.5 Å². The Hall–Kier alpha value is -1.57. The first-order chi connectivity index (χ1) is 6.79. The normalized spacial score (nSPS) is 25.3. The minimum absolute atomic E-state index is 0.241. The molecule has 1 aliphatic rings. The van der Waals surface area contributed by atoms with Gasteiger partial charge in [0, 0.05) is 6.42 Å². The van der Waals surface area contributed by atoms with Crippen molar-refractivity contribution in [3.63, 3.8) is 0 Å². The number of hydrogen-bond donors (Lipinski definition) is 1. The molecule has 0 atom stereocenters. The van der Waals surface area contributed by atoms with Crippen molar-refractivity contribution in [1.29, 1.82) is 0 Å². The number of hydrogen-bond acceptors (Lipinski definition) is 1. The Morgan fingerprint density at radius 1 is 1.14 bits per heavy atom. The summed E-state index contributed by atoms with van der Waals surface area (Å²) in [5.74, 6) is -0.726. The zero-order valence-corrected chi connectivity index (χ0v) is 8.02. The van der Waals surface area contributed by atoms with E-state index in [0.717, 1.165) is 6.42 Å². The van der Waals surface area contributed by atoms with Gasteiger partial charge in [0.2, 0.25) is 0 Å². The maximum Gasteiger partial charge on any atom is 0.303 e. The van der Waals surface area contributed by atoms with Gasteiger partial charge >= 0.3 is 5.97 Å². The van der Waals surface area contributed by atoms with Crippen LogP contribution in [-0.4, -0.2) is 11.1 Å². The Morgan fingerprint density at radius 2 is 1.86 bits per heavy atom. The fraction of sp³-hybridized carbons (Fsp3) is 0.250. The van der Waals surface area contributed by atoms with Crippen LogP contribution in [0.15, 0.2) is 48.1 Å². The number of carboxylic acid groups (broad SMARTS) is 1. The zero-order valence-electron chi connectivity index (χ0n) is 8.02. The predicted octanol–water partition coefficient (Wildman–Crippen LogP) is 2.85. The molecule has 0 bridgehead atoms. The van der Waals surface area contributed by atoms with Crippen molar-refractivity contribution < 1.29 is 9.90 Å². The summed E-state index contributed by atoms with van der Waals surface area (Å²) < 4.78 is 0. The van der Waals surface area contributed by atoms with Crippen LogP contribution in [0.4, 0.5) is 0 Å². The Kier molecular flexibility index (Phi) is 4.48. The molecule has 1 aliphatic carbocycles. The van der Waals surface area contributed by atoms with Gasteiger partial charge < -0.3 is 5.11 Å². The molecule has 0 amide bonds. The average molecular weight is 190 g/mol. The molecule has 0 aromatic heterocycles. The van der Waals surface area contributed by atoms with Gasteiger partial charge in [-0.1, -0.05) is 42.5 Å². The lowest BCUT2D eigenvalue weighted by Crippen LogP contribution is -1.94. The first kappa shape index (κ1) is 10.5. The molecule has 0 saturated heterocycles.